The van der Waals surface area contributed by atoms with Gasteiger partial charge in [-0.3, -0.25) is 4.79 Å². The van der Waals surface area contributed by atoms with E-state index in [0.29, 0.717) is 17.4 Å². The number of hydrogen-bond acceptors (Lipinski definition) is 4. The largest absolute Gasteiger partial charge is 0.311 e. The Morgan fingerprint density at radius 2 is 2.00 bits per heavy atom. The average molecular weight is 488 g/mol. The van der Waals surface area contributed by atoms with Crippen molar-refractivity contribution in [3.63, 3.8) is 0 Å². The van der Waals surface area contributed by atoms with Crippen LogP contribution in [0.5, 0.6) is 0 Å². The number of anilines is 1. The van der Waals surface area contributed by atoms with E-state index in [9.17, 15) is 4.79 Å². The Bertz CT molecular complexity index is 1140. The first-order valence-corrected chi connectivity index (χ1v) is 10.9. The summed E-state index contributed by atoms with van der Waals surface area (Å²) in [6, 6.07) is 17.3. The highest BCUT2D eigenvalue weighted by Crippen LogP contribution is 2.26. The van der Waals surface area contributed by atoms with Crippen LogP contribution in [0.25, 0.3) is 10.6 Å². The molecule has 0 radical (unpaired) electrons. The van der Waals surface area contributed by atoms with Gasteiger partial charge in [-0.2, -0.15) is 5.10 Å². The average Bonchev–Trinajstić information content (AvgIpc) is 3.33. The van der Waals surface area contributed by atoms with Crippen molar-refractivity contribution in [2.45, 2.75) is 13.0 Å². The normalized spacial score (nSPS) is 10.8. The third-order valence-corrected chi connectivity index (χ3v) is 5.90. The lowest BCUT2D eigenvalue weighted by Crippen LogP contribution is -2.18. The molecule has 146 valence electrons. The molecule has 0 saturated carbocycles. The summed E-state index contributed by atoms with van der Waals surface area (Å²) in [6.07, 6.45) is 1.87. The van der Waals surface area contributed by atoms with Crippen LogP contribution in [0, 0.1) is 0 Å². The van der Waals surface area contributed by atoms with Gasteiger partial charge in [0.1, 0.15) is 10.8 Å². The highest BCUT2D eigenvalue weighted by atomic mass is 79.9. The SMILES string of the molecule is O=C(Cc1csc(-c2cccc(Cl)c2)n1)Nc1ccnn1Cc1ccc(Br)cc1. The van der Waals surface area contributed by atoms with Crippen molar-refractivity contribution in [2.75, 3.05) is 5.32 Å². The van der Waals surface area contributed by atoms with Crippen LogP contribution in [0.1, 0.15) is 11.3 Å². The van der Waals surface area contributed by atoms with Crippen molar-refractivity contribution >= 4 is 50.6 Å². The maximum Gasteiger partial charge on any atom is 0.231 e. The minimum Gasteiger partial charge on any atom is -0.311 e. The second kappa shape index (κ2) is 8.90. The fraction of sp³-hybridized carbons (Fsp3) is 0.0952. The number of amides is 1. The maximum atomic E-state index is 12.5. The predicted molar refractivity (Wildman–Crippen MR) is 120 cm³/mol. The Morgan fingerprint density at radius 3 is 2.79 bits per heavy atom. The van der Waals surface area contributed by atoms with E-state index in [1.807, 2.05) is 53.9 Å². The molecule has 0 atom stereocenters. The van der Waals surface area contributed by atoms with E-state index in [0.717, 1.165) is 26.3 Å². The summed E-state index contributed by atoms with van der Waals surface area (Å²) in [5.41, 5.74) is 2.77. The predicted octanol–water partition coefficient (Wildman–Crippen LogP) is 5.65. The Labute approximate surface area is 185 Å². The monoisotopic (exact) mass is 486 g/mol. The summed E-state index contributed by atoms with van der Waals surface area (Å²) in [6.45, 7) is 0.575. The zero-order valence-electron chi connectivity index (χ0n) is 15.2. The number of carbonyl (C=O) groups excluding carboxylic acids is 1. The molecule has 0 aliphatic carbocycles. The number of thiazole rings is 1. The molecule has 0 saturated heterocycles. The number of rotatable bonds is 6. The molecule has 29 heavy (non-hydrogen) atoms. The molecule has 0 unspecified atom stereocenters. The van der Waals surface area contributed by atoms with Crippen LogP contribution >= 0.6 is 38.9 Å². The Hall–Kier alpha value is -2.48. The summed E-state index contributed by atoms with van der Waals surface area (Å²) in [5, 5.41) is 10.6. The van der Waals surface area contributed by atoms with Gasteiger partial charge in [0.25, 0.3) is 0 Å². The highest BCUT2D eigenvalue weighted by Gasteiger charge is 2.12. The van der Waals surface area contributed by atoms with Gasteiger partial charge in [0.15, 0.2) is 0 Å². The molecule has 2 aromatic carbocycles. The number of hydrogen-bond donors (Lipinski definition) is 1. The second-order valence-electron chi connectivity index (χ2n) is 6.38. The molecule has 0 bridgehead atoms. The summed E-state index contributed by atoms with van der Waals surface area (Å²) >= 11 is 11.0. The fourth-order valence-corrected chi connectivity index (χ4v) is 4.09. The van der Waals surface area contributed by atoms with Crippen molar-refractivity contribution in [2.24, 2.45) is 0 Å². The first kappa shape index (κ1) is 19.8. The Kier molecular flexibility index (Phi) is 6.08. The third kappa shape index (κ3) is 5.12. The minimum atomic E-state index is -0.134. The van der Waals surface area contributed by atoms with Crippen molar-refractivity contribution in [1.29, 1.82) is 0 Å². The van der Waals surface area contributed by atoms with Crippen molar-refractivity contribution in [3.05, 3.63) is 86.9 Å². The lowest BCUT2D eigenvalue weighted by Gasteiger charge is -2.09. The van der Waals surface area contributed by atoms with E-state index in [1.54, 1.807) is 16.9 Å². The number of carbonyl (C=O) groups is 1. The van der Waals surface area contributed by atoms with Crippen molar-refractivity contribution < 1.29 is 4.79 Å². The molecule has 4 rings (SSSR count). The molecule has 2 heterocycles. The summed E-state index contributed by atoms with van der Waals surface area (Å²) in [4.78, 5) is 17.1. The van der Waals surface area contributed by atoms with Crippen molar-refractivity contribution in [1.82, 2.24) is 14.8 Å². The molecule has 4 aromatic rings. The Balaban J connectivity index is 1.41. The summed E-state index contributed by atoms with van der Waals surface area (Å²) < 4.78 is 2.79. The van der Waals surface area contributed by atoms with Gasteiger partial charge < -0.3 is 5.32 Å². The molecule has 0 fully saturated rings. The summed E-state index contributed by atoms with van der Waals surface area (Å²) in [7, 11) is 0. The third-order valence-electron chi connectivity index (χ3n) is 4.19. The summed E-state index contributed by atoms with van der Waals surface area (Å²) in [5.74, 6) is 0.522. The van der Waals surface area contributed by atoms with E-state index in [1.165, 1.54) is 11.3 Å². The van der Waals surface area contributed by atoms with Crippen LogP contribution < -0.4 is 5.32 Å². The number of halogens is 2. The van der Waals surface area contributed by atoms with Crippen LogP contribution in [0.4, 0.5) is 5.82 Å². The molecular weight excluding hydrogens is 472 g/mol. The quantitative estimate of drug-likeness (QED) is 0.382. The molecule has 2 aromatic heterocycles. The van der Waals surface area contributed by atoms with Gasteiger partial charge in [-0.05, 0) is 29.8 Å². The Morgan fingerprint density at radius 1 is 1.17 bits per heavy atom. The van der Waals surface area contributed by atoms with Crippen LogP contribution in [-0.4, -0.2) is 20.7 Å². The van der Waals surface area contributed by atoms with Gasteiger partial charge in [-0.25, -0.2) is 9.67 Å². The topological polar surface area (TPSA) is 59.8 Å². The smallest absolute Gasteiger partial charge is 0.231 e. The van der Waals surface area contributed by atoms with Gasteiger partial charge in [0.05, 0.1) is 24.9 Å². The van der Waals surface area contributed by atoms with E-state index >= 15 is 0 Å². The van der Waals surface area contributed by atoms with Crippen LogP contribution in [0.15, 0.2) is 70.6 Å². The second-order valence-corrected chi connectivity index (χ2v) is 8.59. The molecule has 0 spiro atoms. The number of benzene rings is 2. The molecule has 8 heteroatoms. The zero-order chi connectivity index (χ0) is 20.2. The standard InChI is InChI=1S/C21H16BrClN4OS/c22-16-6-4-14(5-7-16)12-27-19(8-9-24-27)26-20(28)11-18-13-29-21(25-18)15-2-1-3-17(23)10-15/h1-10,13H,11-12H2,(H,26,28). The van der Waals surface area contributed by atoms with Crippen LogP contribution in [0.3, 0.4) is 0 Å². The molecule has 5 nitrogen and oxygen atoms in total. The molecular formula is C21H16BrClN4OS. The van der Waals surface area contributed by atoms with E-state index in [-0.39, 0.29) is 12.3 Å². The maximum absolute atomic E-state index is 12.5. The highest BCUT2D eigenvalue weighted by molar-refractivity contribution is 9.10. The van der Waals surface area contributed by atoms with E-state index in [4.69, 9.17) is 11.6 Å². The number of aromatic nitrogens is 3. The minimum absolute atomic E-state index is 0.134. The first-order valence-electron chi connectivity index (χ1n) is 8.83. The fourth-order valence-electron chi connectivity index (χ4n) is 2.82. The van der Waals surface area contributed by atoms with Gasteiger partial charge >= 0.3 is 0 Å². The van der Waals surface area contributed by atoms with E-state index < -0.39 is 0 Å². The van der Waals surface area contributed by atoms with E-state index in [2.05, 4.69) is 31.3 Å². The van der Waals surface area contributed by atoms with Gasteiger partial charge in [-0.15, -0.1) is 11.3 Å². The molecule has 1 amide bonds. The molecule has 0 aliphatic heterocycles. The van der Waals surface area contributed by atoms with Crippen LogP contribution in [-0.2, 0) is 17.8 Å². The van der Waals surface area contributed by atoms with Crippen LogP contribution in [0.2, 0.25) is 5.02 Å². The lowest BCUT2D eigenvalue weighted by atomic mass is 10.2. The van der Waals surface area contributed by atoms with Gasteiger partial charge in [-0.1, -0.05) is 51.8 Å². The van der Waals surface area contributed by atoms with Gasteiger partial charge in [0, 0.05) is 26.5 Å². The number of nitrogens with zero attached hydrogens (tertiary/aromatic N) is 3. The first-order chi connectivity index (χ1) is 14.1. The molecule has 0 aliphatic rings. The zero-order valence-corrected chi connectivity index (χ0v) is 18.3. The molecule has 1 N–H and O–H groups in total. The van der Waals surface area contributed by atoms with Crippen molar-refractivity contribution in [3.8, 4) is 10.6 Å². The van der Waals surface area contributed by atoms with Gasteiger partial charge in [0.2, 0.25) is 5.91 Å². The number of nitrogens with one attached hydrogen (secondary N) is 1. The lowest BCUT2D eigenvalue weighted by molar-refractivity contribution is -0.115.